The minimum Gasteiger partial charge on any atom is -0.456 e. The summed E-state index contributed by atoms with van der Waals surface area (Å²) in [6, 6.07) is 12.9. The third-order valence-corrected chi connectivity index (χ3v) is 13.8. The molecule has 0 saturated heterocycles. The number of anilines is 2. The first-order valence-corrected chi connectivity index (χ1v) is 23.8. The Balaban J connectivity index is 1.15. The summed E-state index contributed by atoms with van der Waals surface area (Å²) < 4.78 is 169. The fourth-order valence-corrected chi connectivity index (χ4v) is 9.98. The zero-order valence-electron chi connectivity index (χ0n) is 39.4. The van der Waals surface area contributed by atoms with E-state index >= 15 is 0 Å². The minimum absolute atomic E-state index is 0.0300. The number of hydrogen-bond acceptors (Lipinski definition) is 10. The van der Waals surface area contributed by atoms with Crippen LogP contribution in [0.25, 0.3) is 0 Å². The predicted octanol–water partition coefficient (Wildman–Crippen LogP) is 11.7. The lowest BCUT2D eigenvalue weighted by molar-refractivity contribution is 0.0224. The van der Waals surface area contributed by atoms with E-state index in [1.165, 1.54) is 30.3 Å². The zero-order valence-corrected chi connectivity index (χ0v) is 40.3. The molecule has 2 heterocycles. The summed E-state index contributed by atoms with van der Waals surface area (Å²) in [6.45, 7) is 8.98. The Kier molecular flexibility index (Phi) is 16.7. The molecule has 5 aromatic rings. The van der Waals surface area contributed by atoms with Crippen molar-refractivity contribution >= 4 is 43.6 Å². The van der Waals surface area contributed by atoms with Crippen molar-refractivity contribution in [3.05, 3.63) is 152 Å². The fourth-order valence-electron chi connectivity index (χ4n) is 8.35. The van der Waals surface area contributed by atoms with Gasteiger partial charge in [-0.15, -0.1) is 0 Å². The molecule has 0 radical (unpaired) electrons. The molecule has 1 spiro atoms. The van der Waals surface area contributed by atoms with Gasteiger partial charge in [-0.2, -0.15) is 5.26 Å². The molecule has 0 bridgehead atoms. The number of nitrogens with one attached hydrogen (secondary N) is 3. The Bertz CT molecular complexity index is 2920. The van der Waals surface area contributed by atoms with E-state index in [1.807, 2.05) is 38.3 Å². The minimum atomic E-state index is -2.52. The molecular formula is C50H42F10N5O8P. The molecule has 1 atom stereocenters. The Hall–Kier alpha value is -7.12. The maximum Gasteiger partial charge on any atom is 0.340 e. The molecule has 0 fully saturated rings. The fraction of sp³-hybridized carbons (Fsp3) is 0.300. The number of nitriles is 1. The SMILES string of the molecule is CC(C)N(C(C)C)P(OCCC#N)OCCCCCCNC(=O)c1ccc2c(c1)C1(OC2=O)c2ccc(NC(=O)c3c(F)c(F)c(F)c(F)c3F)cc2Oc2cc(NC(=O)c3c(F)c(F)c(F)c(F)c3F)ccc21. The predicted molar refractivity (Wildman–Crippen MR) is 245 cm³/mol. The number of hydrogen-bond donors (Lipinski definition) is 3. The van der Waals surface area contributed by atoms with E-state index in [2.05, 4.69) is 16.1 Å². The van der Waals surface area contributed by atoms with Crippen molar-refractivity contribution in [1.82, 2.24) is 9.99 Å². The summed E-state index contributed by atoms with van der Waals surface area (Å²) in [7, 11) is -1.40. The maximum atomic E-state index is 14.6. The first kappa shape index (κ1) is 54.6. The molecule has 13 nitrogen and oxygen atoms in total. The Morgan fingerprint density at radius 3 is 1.58 bits per heavy atom. The van der Waals surface area contributed by atoms with Crippen LogP contribution in [0, 0.1) is 69.5 Å². The summed E-state index contributed by atoms with van der Waals surface area (Å²) in [5.74, 6) is -30.2. The van der Waals surface area contributed by atoms with Crippen LogP contribution in [0.5, 0.6) is 11.5 Å². The number of unbranched alkanes of at least 4 members (excludes halogenated alkanes) is 3. The van der Waals surface area contributed by atoms with Gasteiger partial charge in [0.25, 0.3) is 26.2 Å². The summed E-state index contributed by atoms with van der Waals surface area (Å²) in [6.07, 6.45) is 2.91. The monoisotopic (exact) mass is 1060 g/mol. The van der Waals surface area contributed by atoms with Gasteiger partial charge in [0.1, 0.15) is 22.6 Å². The smallest absolute Gasteiger partial charge is 0.340 e. The van der Waals surface area contributed by atoms with E-state index in [4.69, 9.17) is 23.8 Å². The topological polar surface area (TPSA) is 168 Å². The van der Waals surface area contributed by atoms with Gasteiger partial charge in [0.2, 0.25) is 11.6 Å². The lowest BCUT2D eigenvalue weighted by Gasteiger charge is -2.37. The van der Waals surface area contributed by atoms with Crippen LogP contribution in [0.1, 0.15) is 118 Å². The van der Waals surface area contributed by atoms with Crippen molar-refractivity contribution in [3.8, 4) is 17.6 Å². The third-order valence-electron chi connectivity index (χ3n) is 11.7. The quantitative estimate of drug-likeness (QED) is 0.0181. The number of carbonyl (C=O) groups excluding carboxylic acids is 4. The highest BCUT2D eigenvalue weighted by molar-refractivity contribution is 7.44. The van der Waals surface area contributed by atoms with Crippen LogP contribution in [0.3, 0.4) is 0 Å². The largest absolute Gasteiger partial charge is 0.456 e. The average Bonchev–Trinajstić information content (AvgIpc) is 3.65. The van der Waals surface area contributed by atoms with Crippen LogP contribution < -0.4 is 20.7 Å². The molecule has 2 aliphatic heterocycles. The zero-order chi connectivity index (χ0) is 53.9. The second kappa shape index (κ2) is 22.6. The Morgan fingerprint density at radius 1 is 0.622 bits per heavy atom. The maximum absolute atomic E-state index is 14.6. The molecule has 24 heteroatoms. The van der Waals surface area contributed by atoms with Gasteiger partial charge in [-0.25, -0.2) is 53.4 Å². The number of halogens is 10. The number of esters is 1. The van der Waals surface area contributed by atoms with Crippen molar-refractivity contribution in [1.29, 1.82) is 5.26 Å². The Labute approximate surface area is 416 Å². The molecule has 2 aliphatic rings. The van der Waals surface area contributed by atoms with Crippen molar-refractivity contribution < 1.29 is 81.6 Å². The number of nitrogens with zero attached hydrogens (tertiary/aromatic N) is 2. The van der Waals surface area contributed by atoms with Crippen LogP contribution in [-0.2, 0) is 19.4 Å². The summed E-state index contributed by atoms with van der Waals surface area (Å²) >= 11 is 0. The normalized spacial score (nSPS) is 13.5. The van der Waals surface area contributed by atoms with Crippen molar-refractivity contribution in [3.63, 3.8) is 0 Å². The first-order chi connectivity index (χ1) is 35.1. The van der Waals surface area contributed by atoms with E-state index < -0.39 is 118 Å². The molecule has 3 amide bonds. The molecule has 0 aromatic heterocycles. The van der Waals surface area contributed by atoms with Crippen molar-refractivity contribution in [2.75, 3.05) is 30.4 Å². The van der Waals surface area contributed by atoms with Gasteiger partial charge in [-0.05, 0) is 83.0 Å². The molecular weight excluding hydrogens is 1020 g/mol. The van der Waals surface area contributed by atoms with E-state index in [-0.39, 0.29) is 71.0 Å². The van der Waals surface area contributed by atoms with E-state index in [9.17, 15) is 63.1 Å². The Morgan fingerprint density at radius 2 is 1.09 bits per heavy atom. The van der Waals surface area contributed by atoms with Gasteiger partial charge < -0.3 is 34.5 Å². The van der Waals surface area contributed by atoms with Crippen molar-refractivity contribution in [2.24, 2.45) is 0 Å². The van der Waals surface area contributed by atoms with Crippen LogP contribution in [0.15, 0.2) is 54.6 Å². The van der Waals surface area contributed by atoms with E-state index in [0.29, 0.717) is 25.9 Å². The molecule has 7 rings (SSSR count). The number of benzene rings is 5. The standard InChI is InChI=1S/C50H42F10N5O8P/c1-23(2)65(24(3)4)74(71-19-9-16-61)70-18-8-6-5-7-17-62-46(66)25-10-13-28-31(20-25)50(73-49(28)69)29-14-11-26(63-47(67)34-36(51)40(55)44(59)41(56)37(34)52)21-32(29)72-33-22-27(12-15-30(33)50)64-48(68)35-38(53)42(57)45(60)43(58)39(35)54/h10-15,20-24H,5-9,17-19H2,1-4H3,(H,62,66)(H,63,67)(H,64,68). The third kappa shape index (κ3) is 10.5. The number of rotatable bonds is 19. The molecule has 0 aliphatic carbocycles. The molecule has 1 unspecified atom stereocenters. The highest BCUT2D eigenvalue weighted by atomic mass is 31.2. The summed E-state index contributed by atoms with van der Waals surface area (Å²) in [5, 5.41) is 15.8. The second-order valence-corrected chi connectivity index (χ2v) is 18.7. The lowest BCUT2D eigenvalue weighted by atomic mass is 9.77. The second-order valence-electron chi connectivity index (χ2n) is 17.2. The van der Waals surface area contributed by atoms with E-state index in [1.54, 1.807) is 0 Å². The number of amides is 3. The van der Waals surface area contributed by atoms with Gasteiger partial charge in [0.05, 0.1) is 31.3 Å². The molecule has 0 saturated carbocycles. The average molecular weight is 1060 g/mol. The number of ether oxygens (including phenoxy) is 2. The molecule has 390 valence electrons. The number of carbonyl (C=O) groups is 4. The van der Waals surface area contributed by atoms with Crippen LogP contribution in [0.2, 0.25) is 0 Å². The van der Waals surface area contributed by atoms with Gasteiger partial charge in [0.15, 0.2) is 52.1 Å². The number of fused-ring (bicyclic) bond motifs is 6. The van der Waals surface area contributed by atoms with Crippen LogP contribution in [-0.4, -0.2) is 60.2 Å². The first-order valence-electron chi connectivity index (χ1n) is 22.6. The van der Waals surface area contributed by atoms with E-state index in [0.717, 1.165) is 30.7 Å². The molecule has 5 aromatic carbocycles. The van der Waals surface area contributed by atoms with Gasteiger partial charge in [-0.1, -0.05) is 12.8 Å². The van der Waals surface area contributed by atoms with Crippen molar-refractivity contribution in [2.45, 2.75) is 77.5 Å². The van der Waals surface area contributed by atoms with Gasteiger partial charge in [0, 0.05) is 64.4 Å². The summed E-state index contributed by atoms with van der Waals surface area (Å²) in [5.41, 5.74) is -6.62. The molecule has 74 heavy (non-hydrogen) atoms. The van der Waals surface area contributed by atoms with Crippen LogP contribution in [0.4, 0.5) is 55.3 Å². The van der Waals surface area contributed by atoms with Gasteiger partial charge in [-0.3, -0.25) is 14.4 Å². The van der Waals surface area contributed by atoms with Gasteiger partial charge >= 0.3 is 5.97 Å². The highest BCUT2D eigenvalue weighted by Gasteiger charge is 2.54. The lowest BCUT2D eigenvalue weighted by Crippen LogP contribution is -2.33. The summed E-state index contributed by atoms with van der Waals surface area (Å²) in [4.78, 5) is 53.6. The highest BCUT2D eigenvalue weighted by Crippen LogP contribution is 2.57. The van der Waals surface area contributed by atoms with Crippen LogP contribution >= 0.6 is 8.53 Å². The molecule has 3 N–H and O–H groups in total.